The highest BCUT2D eigenvalue weighted by Crippen LogP contribution is 2.48. The van der Waals surface area contributed by atoms with Crippen LogP contribution in [0.15, 0.2) is 33.9 Å². The van der Waals surface area contributed by atoms with Gasteiger partial charge in [0, 0.05) is 24.2 Å². The van der Waals surface area contributed by atoms with Gasteiger partial charge in [0.1, 0.15) is 0 Å². The van der Waals surface area contributed by atoms with Crippen molar-refractivity contribution in [1.82, 2.24) is 14.5 Å². The fourth-order valence-corrected chi connectivity index (χ4v) is 8.08. The summed E-state index contributed by atoms with van der Waals surface area (Å²) in [5, 5.41) is 0. The molecule has 7 atom stereocenters. The van der Waals surface area contributed by atoms with Gasteiger partial charge in [0.2, 0.25) is 0 Å². The van der Waals surface area contributed by atoms with E-state index in [-0.39, 0.29) is 11.6 Å². The molecule has 1 N–H and O–H groups in total. The number of nitrogens with zero attached hydrogens (tertiary/aromatic N) is 2. The molecule has 1 aromatic carbocycles. The predicted molar refractivity (Wildman–Crippen MR) is 128 cm³/mol. The zero-order valence-corrected chi connectivity index (χ0v) is 19.3. The fraction of sp³-hybridized carbons (Fsp3) is 0.704. The Labute approximate surface area is 190 Å². The van der Waals surface area contributed by atoms with Crippen molar-refractivity contribution < 1.29 is 0 Å². The monoisotopic (exact) mass is 435 g/mol. The van der Waals surface area contributed by atoms with E-state index in [1.54, 1.807) is 0 Å². The van der Waals surface area contributed by atoms with Crippen LogP contribution in [-0.2, 0) is 0 Å². The van der Waals surface area contributed by atoms with E-state index >= 15 is 0 Å². The van der Waals surface area contributed by atoms with Gasteiger partial charge in [0.15, 0.2) is 0 Å². The highest BCUT2D eigenvalue weighted by molar-refractivity contribution is 5.74. The molecule has 2 aromatic rings. The number of para-hydroxylation sites is 2. The van der Waals surface area contributed by atoms with Crippen molar-refractivity contribution in [1.29, 1.82) is 0 Å². The Hall–Kier alpha value is -1.88. The number of hydrogen-bond donors (Lipinski definition) is 1. The summed E-state index contributed by atoms with van der Waals surface area (Å²) in [7, 11) is 0. The van der Waals surface area contributed by atoms with Gasteiger partial charge in [-0.2, -0.15) is 0 Å². The third-order valence-electron chi connectivity index (χ3n) is 9.41. The molecular formula is C27H37N3O2. The number of H-pyrrole nitrogens is 1. The van der Waals surface area contributed by atoms with Gasteiger partial charge in [0.05, 0.1) is 11.0 Å². The van der Waals surface area contributed by atoms with Crippen LogP contribution in [0.2, 0.25) is 0 Å². The second-order valence-electron chi connectivity index (χ2n) is 11.4. The molecule has 2 unspecified atom stereocenters. The van der Waals surface area contributed by atoms with Gasteiger partial charge in [-0.3, -0.25) is 19.1 Å². The van der Waals surface area contributed by atoms with Gasteiger partial charge in [0.25, 0.3) is 0 Å². The maximum atomic E-state index is 13.0. The van der Waals surface area contributed by atoms with Crippen LogP contribution in [0.3, 0.4) is 0 Å². The van der Waals surface area contributed by atoms with Crippen LogP contribution in [-0.4, -0.2) is 32.6 Å². The van der Waals surface area contributed by atoms with Crippen molar-refractivity contribution >= 4 is 11.0 Å². The van der Waals surface area contributed by atoms with Crippen LogP contribution in [0.5, 0.6) is 0 Å². The number of fused-ring (bicyclic) bond motifs is 9. The molecule has 2 saturated heterocycles. The molecular weight excluding hydrogens is 398 g/mol. The number of hydrogen-bond acceptors (Lipinski definition) is 3. The molecule has 7 rings (SSSR count). The molecule has 1 aromatic heterocycles. The summed E-state index contributed by atoms with van der Waals surface area (Å²) in [4.78, 5) is 31.2. The van der Waals surface area contributed by atoms with E-state index in [0.717, 1.165) is 47.7 Å². The van der Waals surface area contributed by atoms with Crippen molar-refractivity contribution in [2.45, 2.75) is 102 Å². The molecule has 4 bridgehead atoms. The van der Waals surface area contributed by atoms with Crippen molar-refractivity contribution in [3.8, 4) is 0 Å². The first-order valence-corrected chi connectivity index (χ1v) is 13.1. The van der Waals surface area contributed by atoms with Gasteiger partial charge in [-0.05, 0) is 81.3 Å². The first-order chi connectivity index (χ1) is 15.6. The molecule has 5 aliphatic rings. The topological polar surface area (TPSA) is 58.1 Å². The number of piperidine rings is 2. The molecule has 32 heavy (non-hydrogen) atoms. The van der Waals surface area contributed by atoms with Crippen LogP contribution >= 0.6 is 0 Å². The third-order valence-corrected chi connectivity index (χ3v) is 9.41. The average Bonchev–Trinajstić information content (AvgIpc) is 2.76. The molecule has 2 aliphatic heterocycles. The average molecular weight is 436 g/mol. The second-order valence-corrected chi connectivity index (χ2v) is 11.4. The summed E-state index contributed by atoms with van der Waals surface area (Å²) in [6.45, 7) is 2.46. The standard InChI is InChI=1S/C27H37N3O2/c1-17-9-11-19-12-10-18(13-17)14-25(19)29-20-5-4-6-21(29)16-22(15-20)30-24-8-3-2-7-23(24)28-26(31)27(30)32/h2-3,7-8,17-22,25H,4-6,9-16H2,1H3,(H,28,31)/t17-,18-,19?,20-,21+,22?,25-/m1/s1. The van der Waals surface area contributed by atoms with Crippen LogP contribution in [0, 0.1) is 17.8 Å². The smallest absolute Gasteiger partial charge is 0.316 e. The van der Waals surface area contributed by atoms with Crippen molar-refractivity contribution in [3.05, 3.63) is 45.0 Å². The predicted octanol–water partition coefficient (Wildman–Crippen LogP) is 4.85. The quantitative estimate of drug-likeness (QED) is 0.686. The SMILES string of the molecule is C[C@@H]1CCC2CC[C@H](C1)C[C@H]2N1[C@@H]2CCC[C@H]1CC(n1c(=O)c(=O)[nH]c3ccccc31)C2. The summed E-state index contributed by atoms with van der Waals surface area (Å²) in [6, 6.07) is 9.78. The number of aromatic amines is 1. The van der Waals surface area contributed by atoms with E-state index in [0.29, 0.717) is 12.1 Å². The number of aromatic nitrogens is 2. The minimum absolute atomic E-state index is 0.131. The molecule has 5 nitrogen and oxygen atoms in total. The Morgan fingerprint density at radius 2 is 1.59 bits per heavy atom. The normalized spacial score (nSPS) is 37.8. The summed E-state index contributed by atoms with van der Waals surface area (Å²) in [5.41, 5.74) is 0.797. The van der Waals surface area contributed by atoms with Gasteiger partial charge in [-0.1, -0.05) is 38.3 Å². The maximum absolute atomic E-state index is 13.0. The van der Waals surface area contributed by atoms with E-state index in [1.165, 1.54) is 57.8 Å². The molecule has 3 heterocycles. The van der Waals surface area contributed by atoms with Gasteiger partial charge >= 0.3 is 11.1 Å². The lowest BCUT2D eigenvalue weighted by molar-refractivity contribution is -0.0628. The van der Waals surface area contributed by atoms with E-state index in [9.17, 15) is 9.59 Å². The largest absolute Gasteiger partial charge is 0.316 e. The van der Waals surface area contributed by atoms with Crippen molar-refractivity contribution in [2.24, 2.45) is 17.8 Å². The highest BCUT2D eigenvalue weighted by atomic mass is 16.2. The van der Waals surface area contributed by atoms with Crippen molar-refractivity contribution in [3.63, 3.8) is 0 Å². The van der Waals surface area contributed by atoms with Crippen LogP contribution in [0.1, 0.15) is 83.6 Å². The fourth-order valence-electron chi connectivity index (χ4n) is 8.08. The van der Waals surface area contributed by atoms with E-state index < -0.39 is 5.56 Å². The molecule has 0 spiro atoms. The first kappa shape index (κ1) is 20.7. The summed E-state index contributed by atoms with van der Waals surface area (Å²) in [6.07, 6.45) is 14.3. The number of benzene rings is 1. The second kappa shape index (κ2) is 8.16. The van der Waals surface area contributed by atoms with Crippen molar-refractivity contribution in [2.75, 3.05) is 0 Å². The number of rotatable bonds is 2. The van der Waals surface area contributed by atoms with Gasteiger partial charge in [-0.25, -0.2) is 0 Å². The summed E-state index contributed by atoms with van der Waals surface area (Å²) < 4.78 is 1.85. The minimum Gasteiger partial charge on any atom is -0.316 e. The van der Waals surface area contributed by atoms with Crippen LogP contribution < -0.4 is 11.1 Å². The molecule has 3 aliphatic carbocycles. The Balaban J connectivity index is 1.33. The summed E-state index contributed by atoms with van der Waals surface area (Å²) in [5.74, 6) is 2.66. The van der Waals surface area contributed by atoms with Gasteiger partial charge < -0.3 is 4.98 Å². The highest BCUT2D eigenvalue weighted by Gasteiger charge is 2.46. The molecule has 3 saturated carbocycles. The maximum Gasteiger partial charge on any atom is 0.316 e. The lowest BCUT2D eigenvalue weighted by Gasteiger charge is -2.56. The lowest BCUT2D eigenvalue weighted by atomic mass is 9.67. The molecule has 5 heteroatoms. The van der Waals surface area contributed by atoms with E-state index in [1.807, 2.05) is 28.8 Å². The third kappa shape index (κ3) is 3.48. The lowest BCUT2D eigenvalue weighted by Crippen LogP contribution is -2.60. The molecule has 5 fully saturated rings. The Kier molecular flexibility index (Phi) is 5.28. The zero-order chi connectivity index (χ0) is 21.8. The number of nitrogens with one attached hydrogen (secondary N) is 1. The van der Waals surface area contributed by atoms with Crippen LogP contribution in [0.4, 0.5) is 0 Å². The Morgan fingerprint density at radius 1 is 0.844 bits per heavy atom. The summed E-state index contributed by atoms with van der Waals surface area (Å²) >= 11 is 0. The molecule has 172 valence electrons. The van der Waals surface area contributed by atoms with Gasteiger partial charge in [-0.15, -0.1) is 0 Å². The van der Waals surface area contributed by atoms with E-state index in [4.69, 9.17) is 0 Å². The molecule has 0 radical (unpaired) electrons. The Morgan fingerprint density at radius 3 is 2.41 bits per heavy atom. The molecule has 0 amide bonds. The minimum atomic E-state index is -0.484. The van der Waals surface area contributed by atoms with E-state index in [2.05, 4.69) is 16.8 Å². The van der Waals surface area contributed by atoms with Crippen LogP contribution in [0.25, 0.3) is 11.0 Å². The Bertz CT molecular complexity index is 1090. The first-order valence-electron chi connectivity index (χ1n) is 13.1. The zero-order valence-electron chi connectivity index (χ0n) is 19.3.